The van der Waals surface area contributed by atoms with E-state index in [-0.39, 0.29) is 46.5 Å². The topological polar surface area (TPSA) is 114 Å². The summed E-state index contributed by atoms with van der Waals surface area (Å²) >= 11 is 0. The first kappa shape index (κ1) is 55.0. The van der Waals surface area contributed by atoms with E-state index in [0.29, 0.717) is 38.5 Å². The van der Waals surface area contributed by atoms with Crippen molar-refractivity contribution in [2.24, 2.45) is 35.5 Å². The van der Waals surface area contributed by atoms with Gasteiger partial charge in [0.2, 0.25) is 0 Å². The second-order valence-corrected chi connectivity index (χ2v) is 25.1. The van der Waals surface area contributed by atoms with Gasteiger partial charge in [0.05, 0.1) is 21.8 Å². The Kier molecular flexibility index (Phi) is 17.4. The fourth-order valence-corrected chi connectivity index (χ4v) is 15.5. The minimum absolute atomic E-state index is 0.0146. The molecule has 0 amide bonds. The van der Waals surface area contributed by atoms with E-state index < -0.39 is 66.3 Å². The van der Waals surface area contributed by atoms with Crippen LogP contribution in [-0.2, 0) is 42.0 Å². The molecule has 6 nitrogen and oxygen atoms in total. The predicted octanol–water partition coefficient (Wildman–Crippen LogP) is 14.0. The van der Waals surface area contributed by atoms with Gasteiger partial charge in [-0.1, -0.05) is 122 Å². The SMILES string of the molecule is O=S(=O)([O-])C(F)(F)C(F)(F)C1CC2CCC1C2.O=S(=O)([O-])C(F)(F)C(F)(F)C1CC2CCC1C2.c1ccc([S+](c2ccccc2)c2ccccc2)cc1.c1ccc([S+](c2ccccc2)c2ccccc2)cc1. The van der Waals surface area contributed by atoms with Gasteiger partial charge in [-0.3, -0.25) is 0 Å². The minimum Gasteiger partial charge on any atom is -0.743 e. The highest BCUT2D eigenvalue weighted by Gasteiger charge is 2.69. The van der Waals surface area contributed by atoms with Crippen molar-refractivity contribution in [3.63, 3.8) is 0 Å². The van der Waals surface area contributed by atoms with Crippen LogP contribution in [-0.4, -0.2) is 48.3 Å². The third-order valence-corrected chi connectivity index (χ3v) is 19.9. The zero-order valence-corrected chi connectivity index (χ0v) is 41.8. The van der Waals surface area contributed by atoms with Gasteiger partial charge < -0.3 is 9.11 Å². The van der Waals surface area contributed by atoms with Crippen molar-refractivity contribution < 1.29 is 61.1 Å². The molecule has 0 heterocycles. The molecule has 4 fully saturated rings. The molecule has 6 aromatic rings. The fourth-order valence-electron chi connectivity index (χ4n) is 10.3. The highest BCUT2D eigenvalue weighted by Crippen LogP contribution is 2.59. The number of hydrogen-bond donors (Lipinski definition) is 0. The van der Waals surface area contributed by atoms with Gasteiger partial charge >= 0.3 is 22.4 Å². The molecular weight excluding hydrogens is 1020 g/mol. The van der Waals surface area contributed by atoms with Crippen LogP contribution in [0.3, 0.4) is 0 Å². The molecule has 6 atom stereocenters. The van der Waals surface area contributed by atoms with E-state index in [1.54, 1.807) is 0 Å². The Bertz CT molecular complexity index is 2490. The molecule has 0 radical (unpaired) electrons. The summed E-state index contributed by atoms with van der Waals surface area (Å²) in [6.07, 6.45) is 2.84. The van der Waals surface area contributed by atoms with E-state index in [1.807, 2.05) is 0 Å². The normalized spacial score (nSPS) is 21.8. The first-order valence-electron chi connectivity index (χ1n) is 23.3. The molecule has 4 aliphatic rings. The van der Waals surface area contributed by atoms with Gasteiger partial charge in [-0.2, -0.15) is 35.1 Å². The Labute approximate surface area is 421 Å². The number of benzene rings is 6. The van der Waals surface area contributed by atoms with E-state index in [2.05, 4.69) is 182 Å². The van der Waals surface area contributed by atoms with Crippen molar-refractivity contribution in [1.29, 1.82) is 0 Å². The standard InChI is InChI=1S/2C18H15S.2C9H12F4O3S/c2*1-4-10-16(11-5-1)19(17-12-6-2-7-13-17)18-14-8-3-9-15-18;2*10-8(11,9(12,13)17(14,15)16)7-4-5-1-2-6(7)3-5/h2*1-15H;2*5-7H,1-4H2,(H,14,15,16)/q2*+1;;/p-2. The van der Waals surface area contributed by atoms with Crippen molar-refractivity contribution in [1.82, 2.24) is 0 Å². The molecule has 0 aliphatic heterocycles. The van der Waals surface area contributed by atoms with Crippen molar-refractivity contribution in [2.75, 3.05) is 0 Å². The van der Waals surface area contributed by atoms with Crippen molar-refractivity contribution >= 4 is 42.0 Å². The predicted molar refractivity (Wildman–Crippen MR) is 260 cm³/mol. The quantitative estimate of drug-likeness (QED) is 0.0685. The first-order valence-corrected chi connectivity index (χ1v) is 28.5. The number of alkyl halides is 8. The minimum atomic E-state index is -6.35. The van der Waals surface area contributed by atoms with E-state index in [4.69, 9.17) is 0 Å². The van der Waals surface area contributed by atoms with Crippen LogP contribution in [0.1, 0.15) is 51.4 Å². The Hall–Kier alpha value is -4.72. The number of hydrogen-bond acceptors (Lipinski definition) is 6. The summed E-state index contributed by atoms with van der Waals surface area (Å²) in [6, 6.07) is 64.3. The van der Waals surface area contributed by atoms with Gasteiger partial charge in [0.15, 0.2) is 49.6 Å². The van der Waals surface area contributed by atoms with Gasteiger partial charge in [-0.25, -0.2) is 16.8 Å². The molecule has 0 aromatic heterocycles. The summed E-state index contributed by atoms with van der Waals surface area (Å²) in [4.78, 5) is 8.17. The van der Waals surface area contributed by atoms with Gasteiger partial charge in [0, 0.05) is 11.8 Å². The van der Waals surface area contributed by atoms with Crippen LogP contribution < -0.4 is 0 Å². The van der Waals surface area contributed by atoms with E-state index in [1.165, 1.54) is 29.4 Å². The lowest BCUT2D eigenvalue weighted by molar-refractivity contribution is -0.202. The van der Waals surface area contributed by atoms with Crippen LogP contribution in [0.4, 0.5) is 35.1 Å². The average Bonchev–Trinajstić information content (AvgIpc) is 4.22. The van der Waals surface area contributed by atoms with Crippen LogP contribution >= 0.6 is 0 Å². The third kappa shape index (κ3) is 12.1. The molecule has 18 heteroatoms. The lowest BCUT2D eigenvalue weighted by Crippen LogP contribution is -2.52. The molecule has 0 N–H and O–H groups in total. The maximum atomic E-state index is 13.5. The second kappa shape index (κ2) is 22.8. The molecule has 10 rings (SSSR count). The zero-order valence-electron chi connectivity index (χ0n) is 38.5. The number of halogens is 8. The molecule has 6 unspecified atom stereocenters. The molecule has 0 spiro atoms. The van der Waals surface area contributed by atoms with Crippen LogP contribution in [0.5, 0.6) is 0 Å². The fraction of sp³-hybridized carbons (Fsp3) is 0.333. The summed E-state index contributed by atoms with van der Waals surface area (Å²) < 4.78 is 168. The van der Waals surface area contributed by atoms with Gasteiger partial charge in [0.1, 0.15) is 0 Å². The second-order valence-electron chi connectivity index (χ2n) is 18.2. The summed E-state index contributed by atoms with van der Waals surface area (Å²) in [5.41, 5.74) is 0. The zero-order chi connectivity index (χ0) is 52.0. The molecule has 4 saturated carbocycles. The van der Waals surface area contributed by atoms with E-state index in [0.717, 1.165) is 0 Å². The van der Waals surface area contributed by atoms with Gasteiger partial charge in [-0.15, -0.1) is 0 Å². The van der Waals surface area contributed by atoms with Gasteiger partial charge in [-0.05, 0) is 135 Å². The first-order chi connectivity index (χ1) is 34.0. The maximum absolute atomic E-state index is 13.5. The van der Waals surface area contributed by atoms with E-state index in [9.17, 15) is 61.1 Å². The lowest BCUT2D eigenvalue weighted by Gasteiger charge is -2.36. The van der Waals surface area contributed by atoms with Crippen LogP contribution in [0.2, 0.25) is 0 Å². The molecule has 72 heavy (non-hydrogen) atoms. The summed E-state index contributed by atoms with van der Waals surface area (Å²) in [5.74, 6) is -14.2. The van der Waals surface area contributed by atoms with Crippen LogP contribution in [0, 0.1) is 35.5 Å². The monoisotopic (exact) mass is 1080 g/mol. The maximum Gasteiger partial charge on any atom is 0.396 e. The van der Waals surface area contributed by atoms with Crippen LogP contribution in [0.25, 0.3) is 0 Å². The lowest BCUT2D eigenvalue weighted by atomic mass is 9.84. The largest absolute Gasteiger partial charge is 0.743 e. The van der Waals surface area contributed by atoms with Gasteiger partial charge in [0.25, 0.3) is 0 Å². The summed E-state index contributed by atoms with van der Waals surface area (Å²) in [7, 11) is -12.7. The molecular formula is C54H52F8O6S4. The van der Waals surface area contributed by atoms with Crippen molar-refractivity contribution in [3.05, 3.63) is 182 Å². The Balaban J connectivity index is 0.000000141. The van der Waals surface area contributed by atoms with E-state index >= 15 is 0 Å². The Morgan fingerprint density at radius 2 is 0.556 bits per heavy atom. The molecule has 384 valence electrons. The molecule has 4 bridgehead atoms. The van der Waals surface area contributed by atoms with Crippen molar-refractivity contribution in [2.45, 2.75) is 103 Å². The highest BCUT2D eigenvalue weighted by atomic mass is 32.2. The average molecular weight is 1080 g/mol. The third-order valence-electron chi connectivity index (χ3n) is 13.7. The number of rotatable bonds is 12. The Morgan fingerprint density at radius 3 is 0.708 bits per heavy atom. The Morgan fingerprint density at radius 1 is 0.347 bits per heavy atom. The molecule has 6 aromatic carbocycles. The smallest absolute Gasteiger partial charge is 0.396 e. The summed E-state index contributed by atoms with van der Waals surface area (Å²) in [5, 5.41) is -11.0. The van der Waals surface area contributed by atoms with Crippen molar-refractivity contribution in [3.8, 4) is 0 Å². The molecule has 4 aliphatic carbocycles. The number of fused-ring (bicyclic) bond motifs is 4. The molecule has 0 saturated heterocycles. The van der Waals surface area contributed by atoms with Crippen LogP contribution in [0.15, 0.2) is 211 Å². The summed E-state index contributed by atoms with van der Waals surface area (Å²) in [6.45, 7) is 0. The highest BCUT2D eigenvalue weighted by molar-refractivity contribution is 7.97.